The predicted octanol–water partition coefficient (Wildman–Crippen LogP) is 4.70. The highest BCUT2D eigenvalue weighted by Gasteiger charge is 2.28. The summed E-state index contributed by atoms with van der Waals surface area (Å²) in [5, 5.41) is 12.8. The number of hydrogen-bond acceptors (Lipinski definition) is 7. The van der Waals surface area contributed by atoms with Crippen LogP contribution in [0.5, 0.6) is 5.75 Å². The molecule has 35 heavy (non-hydrogen) atoms. The zero-order valence-corrected chi connectivity index (χ0v) is 19.8. The summed E-state index contributed by atoms with van der Waals surface area (Å²) < 4.78 is 8.32. The van der Waals surface area contributed by atoms with Crippen molar-refractivity contribution in [1.82, 2.24) is 14.5 Å². The maximum absolute atomic E-state index is 11.0. The van der Waals surface area contributed by atoms with Gasteiger partial charge in [-0.1, -0.05) is 23.9 Å². The summed E-state index contributed by atoms with van der Waals surface area (Å²) in [4.78, 5) is 19.4. The third-order valence-electron chi connectivity index (χ3n) is 6.21. The molecule has 8 nitrogen and oxygen atoms in total. The van der Waals surface area contributed by atoms with Crippen molar-refractivity contribution < 1.29 is 9.53 Å². The Morgan fingerprint density at radius 1 is 1.20 bits per heavy atom. The maximum atomic E-state index is 11.0. The molecule has 1 saturated carbocycles. The number of aromatic nitrogens is 3. The van der Waals surface area contributed by atoms with E-state index in [9.17, 15) is 10.1 Å². The van der Waals surface area contributed by atoms with Crippen LogP contribution >= 0.6 is 11.8 Å². The first kappa shape index (κ1) is 22.9. The fraction of sp³-hybridized carbons (Fsp3) is 0.231. The Labute approximate surface area is 207 Å². The molecule has 2 aromatic heterocycles. The van der Waals surface area contributed by atoms with Gasteiger partial charge in [0.05, 0.1) is 29.1 Å². The highest BCUT2D eigenvalue weighted by atomic mass is 32.2. The van der Waals surface area contributed by atoms with E-state index in [0.717, 1.165) is 56.7 Å². The van der Waals surface area contributed by atoms with Gasteiger partial charge in [0.2, 0.25) is 6.41 Å². The smallest absolute Gasteiger partial charge is 0.228 e. The Morgan fingerprint density at radius 2 is 1.97 bits per heavy atom. The Morgan fingerprint density at radius 3 is 2.63 bits per heavy atom. The Balaban J connectivity index is 1.46. The number of rotatable bonds is 9. The van der Waals surface area contributed by atoms with Crippen molar-refractivity contribution in [3.63, 3.8) is 0 Å². The van der Waals surface area contributed by atoms with E-state index >= 15 is 0 Å². The molecule has 176 valence electrons. The number of carbonyl (C=O) groups excluding carboxylic acids is 1. The van der Waals surface area contributed by atoms with E-state index in [1.165, 1.54) is 6.42 Å². The first-order chi connectivity index (χ1) is 17.2. The molecule has 9 heteroatoms. The summed E-state index contributed by atoms with van der Waals surface area (Å²) in [6, 6.07) is 17.9. The van der Waals surface area contributed by atoms with E-state index in [1.54, 1.807) is 42.4 Å². The van der Waals surface area contributed by atoms with Gasteiger partial charge in [0.25, 0.3) is 0 Å². The minimum Gasteiger partial charge on any atom is -0.493 e. The number of anilines is 1. The van der Waals surface area contributed by atoms with Gasteiger partial charge < -0.3 is 9.30 Å². The molecule has 1 fully saturated rings. The zero-order chi connectivity index (χ0) is 24.2. The lowest BCUT2D eigenvalue weighted by atomic mass is 9.92. The number of carbonyl (C=O) groups is 1. The maximum Gasteiger partial charge on any atom is 0.228 e. The number of ether oxygens (including phenoxy) is 1. The molecule has 0 radical (unpaired) electrons. The number of nitrogens with two attached hydrogens (primary N) is 1. The highest BCUT2D eigenvalue weighted by molar-refractivity contribution is 7.99. The Hall–Kier alpha value is -3.87. The van der Waals surface area contributed by atoms with Crippen LogP contribution < -0.4 is 15.6 Å². The molecule has 0 atom stereocenters. The van der Waals surface area contributed by atoms with Crippen molar-refractivity contribution in [2.45, 2.75) is 30.5 Å². The Bertz CT molecular complexity index is 1380. The summed E-state index contributed by atoms with van der Waals surface area (Å²) >= 11 is 1.55. The molecular formula is C26H24N6O2S. The van der Waals surface area contributed by atoms with Gasteiger partial charge in [-0.25, -0.2) is 15.8 Å². The second-order valence-corrected chi connectivity index (χ2v) is 9.32. The lowest BCUT2D eigenvalue weighted by Gasteiger charge is -2.30. The topological polar surface area (TPSA) is 110 Å². The number of amides is 1. The van der Waals surface area contributed by atoms with Crippen LogP contribution in [0.1, 0.15) is 30.9 Å². The van der Waals surface area contributed by atoms with Crippen LogP contribution in [-0.2, 0) is 4.79 Å². The number of nitriles is 1. The van der Waals surface area contributed by atoms with Gasteiger partial charge in [0.15, 0.2) is 5.16 Å². The number of hydrogen-bond donors (Lipinski definition) is 1. The average Bonchev–Trinajstić information content (AvgIpc) is 3.19. The van der Waals surface area contributed by atoms with Gasteiger partial charge in [-0.15, -0.1) is 0 Å². The van der Waals surface area contributed by atoms with E-state index in [-0.39, 0.29) is 0 Å². The first-order valence-corrected chi connectivity index (χ1v) is 12.4. The zero-order valence-electron chi connectivity index (χ0n) is 19.0. The summed E-state index contributed by atoms with van der Waals surface area (Å²) in [5.74, 6) is 7.19. The van der Waals surface area contributed by atoms with Crippen LogP contribution in [0.15, 0.2) is 66.1 Å². The van der Waals surface area contributed by atoms with E-state index in [2.05, 4.69) is 20.6 Å². The number of benzene rings is 2. The first-order valence-electron chi connectivity index (χ1n) is 11.4. The van der Waals surface area contributed by atoms with Gasteiger partial charge in [0, 0.05) is 35.6 Å². The monoisotopic (exact) mass is 484 g/mol. The van der Waals surface area contributed by atoms with E-state index in [0.29, 0.717) is 30.3 Å². The summed E-state index contributed by atoms with van der Waals surface area (Å²) in [6.07, 6.45) is 7.32. The number of thioether (sulfide) groups is 1. The quantitative estimate of drug-likeness (QED) is 0.0697. The number of hydrazine groups is 1. The number of fused-ring (bicyclic) bond motifs is 1. The van der Waals surface area contributed by atoms with Crippen molar-refractivity contribution in [2.75, 3.05) is 17.4 Å². The van der Waals surface area contributed by atoms with Gasteiger partial charge >= 0.3 is 0 Å². The lowest BCUT2D eigenvalue weighted by molar-refractivity contribution is -0.107. The van der Waals surface area contributed by atoms with Crippen LogP contribution in [0.25, 0.3) is 22.2 Å². The molecule has 0 bridgehead atoms. The average molecular weight is 485 g/mol. The van der Waals surface area contributed by atoms with Gasteiger partial charge in [-0.2, -0.15) is 5.26 Å². The van der Waals surface area contributed by atoms with Crippen LogP contribution in [0, 0.1) is 11.3 Å². The molecule has 0 unspecified atom stereocenters. The van der Waals surface area contributed by atoms with E-state index in [4.69, 9.17) is 10.6 Å². The molecule has 0 aliphatic heterocycles. The van der Waals surface area contributed by atoms with Gasteiger partial charge in [0.1, 0.15) is 11.8 Å². The second kappa shape index (κ2) is 10.2. The van der Waals surface area contributed by atoms with Crippen molar-refractivity contribution >= 4 is 34.8 Å². The SMILES string of the molecule is N#Cc1c(-c2ccc(N(N)C=O)cc2)n(C2CCC2)c2cc(OCCSc3ncccn3)ccc12. The molecule has 5 rings (SSSR count). The van der Waals surface area contributed by atoms with Gasteiger partial charge in [-0.05, 0) is 55.2 Å². The molecular weight excluding hydrogens is 460 g/mol. The van der Waals surface area contributed by atoms with E-state index < -0.39 is 0 Å². The fourth-order valence-corrected chi connectivity index (χ4v) is 4.93. The largest absolute Gasteiger partial charge is 0.493 e. The van der Waals surface area contributed by atoms with Crippen LogP contribution in [0.4, 0.5) is 5.69 Å². The van der Waals surface area contributed by atoms with Gasteiger partial charge in [-0.3, -0.25) is 9.80 Å². The molecule has 1 amide bonds. The highest BCUT2D eigenvalue weighted by Crippen LogP contribution is 2.43. The minimum atomic E-state index is 0.330. The summed E-state index contributed by atoms with van der Waals surface area (Å²) in [6.45, 7) is 0.518. The fourth-order valence-electron chi connectivity index (χ4n) is 4.31. The molecule has 4 aromatic rings. The van der Waals surface area contributed by atoms with Crippen molar-refractivity contribution in [2.24, 2.45) is 5.84 Å². The lowest BCUT2D eigenvalue weighted by Crippen LogP contribution is -2.28. The molecule has 2 aromatic carbocycles. The molecule has 1 aliphatic carbocycles. The van der Waals surface area contributed by atoms with Crippen LogP contribution in [0.3, 0.4) is 0 Å². The summed E-state index contributed by atoms with van der Waals surface area (Å²) in [7, 11) is 0. The Kier molecular flexibility index (Phi) is 6.66. The molecule has 2 heterocycles. The third kappa shape index (κ3) is 4.58. The predicted molar refractivity (Wildman–Crippen MR) is 136 cm³/mol. The molecule has 0 saturated heterocycles. The van der Waals surface area contributed by atoms with Crippen molar-refractivity contribution in [3.05, 3.63) is 66.5 Å². The standard InChI is InChI=1S/C26H24N6O2S/c27-16-23-22-10-9-21(34-13-14-35-26-29-11-2-12-30-26)15-24(22)32(20-3-1-4-20)25(23)18-5-7-19(8-6-18)31(28)17-33/h2,5-12,15,17,20H,1,3-4,13-14,28H2. The number of nitrogens with zero attached hydrogens (tertiary/aromatic N) is 5. The third-order valence-corrected chi connectivity index (χ3v) is 7.04. The molecule has 2 N–H and O–H groups in total. The van der Waals surface area contributed by atoms with E-state index in [1.807, 2.05) is 30.3 Å². The molecule has 0 spiro atoms. The second-order valence-electron chi connectivity index (χ2n) is 8.26. The van der Waals surface area contributed by atoms with Crippen LogP contribution in [0.2, 0.25) is 0 Å². The van der Waals surface area contributed by atoms with Crippen LogP contribution in [-0.4, -0.2) is 33.3 Å². The normalized spacial score (nSPS) is 13.3. The van der Waals surface area contributed by atoms with Crippen molar-refractivity contribution in [3.8, 4) is 23.1 Å². The van der Waals surface area contributed by atoms with Crippen molar-refractivity contribution in [1.29, 1.82) is 5.26 Å². The minimum absolute atomic E-state index is 0.330. The summed E-state index contributed by atoms with van der Waals surface area (Å²) in [5.41, 5.74) is 4.03. The molecule has 1 aliphatic rings.